The van der Waals surface area contributed by atoms with Gasteiger partial charge in [0, 0.05) is 20.8 Å². The number of aldehydes is 1. The number of hydrogen-bond donors (Lipinski definition) is 0. The van der Waals surface area contributed by atoms with E-state index in [2.05, 4.69) is 0 Å². The molecule has 2 aromatic carbocycles. The van der Waals surface area contributed by atoms with Crippen molar-refractivity contribution in [3.8, 4) is 5.75 Å². The number of carbonyl (C=O) groups excluding carboxylic acids is 6. The monoisotopic (exact) mass is 572 g/mol. The number of rotatable bonds is 10. The lowest BCUT2D eigenvalue weighted by molar-refractivity contribution is -0.282. The Labute approximate surface area is 234 Å². The molecule has 13 nitrogen and oxygen atoms in total. The number of methoxy groups -OCH3 is 1. The predicted molar refractivity (Wildman–Crippen MR) is 135 cm³/mol. The van der Waals surface area contributed by atoms with E-state index < -0.39 is 60.6 Å². The number of ether oxygens (including phenoxy) is 7. The van der Waals surface area contributed by atoms with E-state index >= 15 is 0 Å². The van der Waals surface area contributed by atoms with Gasteiger partial charge in [0.05, 0.1) is 18.2 Å². The first-order valence-electron chi connectivity index (χ1n) is 12.3. The van der Waals surface area contributed by atoms with Crippen molar-refractivity contribution < 1.29 is 61.9 Å². The van der Waals surface area contributed by atoms with Crippen molar-refractivity contribution in [3.05, 3.63) is 65.2 Å². The lowest BCUT2D eigenvalue weighted by atomic mass is 9.97. The summed E-state index contributed by atoms with van der Waals surface area (Å²) in [6.45, 7) is 3.16. The summed E-state index contributed by atoms with van der Waals surface area (Å²) in [5.41, 5.74) is 0.679. The average Bonchev–Trinajstić information content (AvgIpc) is 2.94. The number of esters is 5. The normalized spacial score (nSPS) is 21.5. The van der Waals surface area contributed by atoms with Gasteiger partial charge < -0.3 is 33.2 Å². The SMILES string of the molecule is COC(=O)[C@H]1O[C@@H](Oc2ccc(C(=O)OCc3ccccc3)cc2C=O)[C@H](OC(C)=O)[C@@H](OC(C)=O)[C@@H]1OC(C)=O. The van der Waals surface area contributed by atoms with Crippen LogP contribution in [-0.4, -0.2) is 73.9 Å². The zero-order chi connectivity index (χ0) is 30.1. The summed E-state index contributed by atoms with van der Waals surface area (Å²) in [4.78, 5) is 72.8. The fourth-order valence-corrected chi connectivity index (χ4v) is 3.98. The highest BCUT2D eigenvalue weighted by atomic mass is 16.7. The molecule has 0 spiro atoms. The van der Waals surface area contributed by atoms with Crippen molar-refractivity contribution in [3.63, 3.8) is 0 Å². The molecule has 5 atom stereocenters. The zero-order valence-corrected chi connectivity index (χ0v) is 22.6. The van der Waals surface area contributed by atoms with Gasteiger partial charge >= 0.3 is 29.8 Å². The van der Waals surface area contributed by atoms with Crippen molar-refractivity contribution in [2.75, 3.05) is 7.11 Å². The zero-order valence-electron chi connectivity index (χ0n) is 22.6. The standard InChI is InChI=1S/C28H28O13/c1-15(30)37-22-23(38-16(2)31)25(39-17(3)32)28(41-24(22)27(34)35-4)40-21-11-10-19(12-20(21)13-29)26(33)36-14-18-8-6-5-7-9-18/h5-13,22-25,28H,14H2,1-4H3/t22-,23-,24-,25+,28+/m0/s1. The van der Waals surface area contributed by atoms with Crippen LogP contribution in [0.4, 0.5) is 0 Å². The van der Waals surface area contributed by atoms with E-state index in [4.69, 9.17) is 33.2 Å². The molecule has 0 amide bonds. The van der Waals surface area contributed by atoms with E-state index in [9.17, 15) is 28.8 Å². The molecule has 0 unspecified atom stereocenters. The molecule has 3 rings (SSSR count). The molecule has 1 fully saturated rings. The molecule has 1 heterocycles. The predicted octanol–water partition coefficient (Wildman–Crippen LogP) is 1.93. The Morgan fingerprint density at radius 2 is 1.44 bits per heavy atom. The molecule has 1 aliphatic heterocycles. The highest BCUT2D eigenvalue weighted by molar-refractivity contribution is 5.92. The van der Waals surface area contributed by atoms with Crippen LogP contribution >= 0.6 is 0 Å². The molecule has 0 radical (unpaired) electrons. The van der Waals surface area contributed by atoms with Crippen molar-refractivity contribution >= 4 is 36.1 Å². The molecule has 1 saturated heterocycles. The summed E-state index contributed by atoms with van der Waals surface area (Å²) in [6.07, 6.45) is -7.69. The van der Waals surface area contributed by atoms with Crippen molar-refractivity contribution in [1.29, 1.82) is 0 Å². The fourth-order valence-electron chi connectivity index (χ4n) is 3.98. The lowest BCUT2D eigenvalue weighted by Gasteiger charge is -2.43. The fraction of sp³-hybridized carbons (Fsp3) is 0.357. The lowest BCUT2D eigenvalue weighted by Crippen LogP contribution is -2.64. The van der Waals surface area contributed by atoms with Crippen LogP contribution in [0.1, 0.15) is 47.1 Å². The summed E-state index contributed by atoms with van der Waals surface area (Å²) in [6, 6.07) is 12.8. The Bertz CT molecular complexity index is 1290. The number of benzene rings is 2. The molecule has 2 aromatic rings. The topological polar surface area (TPSA) is 167 Å². The van der Waals surface area contributed by atoms with Crippen LogP contribution in [0.2, 0.25) is 0 Å². The molecular weight excluding hydrogens is 544 g/mol. The summed E-state index contributed by atoms with van der Waals surface area (Å²) in [5.74, 6) is -4.44. The van der Waals surface area contributed by atoms with Crippen LogP contribution in [0, 0.1) is 0 Å². The van der Waals surface area contributed by atoms with E-state index in [1.807, 2.05) is 6.07 Å². The van der Waals surface area contributed by atoms with Gasteiger partial charge in [0.15, 0.2) is 24.6 Å². The van der Waals surface area contributed by atoms with Gasteiger partial charge in [0.25, 0.3) is 0 Å². The van der Waals surface area contributed by atoms with E-state index in [0.717, 1.165) is 33.4 Å². The molecule has 0 saturated carbocycles. The van der Waals surface area contributed by atoms with Crippen LogP contribution in [0.3, 0.4) is 0 Å². The molecule has 0 N–H and O–H groups in total. The first-order valence-corrected chi connectivity index (χ1v) is 12.3. The third-order valence-corrected chi connectivity index (χ3v) is 5.66. The molecule has 41 heavy (non-hydrogen) atoms. The Morgan fingerprint density at radius 3 is 2.02 bits per heavy atom. The smallest absolute Gasteiger partial charge is 0.339 e. The highest BCUT2D eigenvalue weighted by Crippen LogP contribution is 2.32. The first kappa shape index (κ1) is 30.8. The van der Waals surface area contributed by atoms with Crippen LogP contribution in [0.25, 0.3) is 0 Å². The Balaban J connectivity index is 1.93. The third-order valence-electron chi connectivity index (χ3n) is 5.66. The van der Waals surface area contributed by atoms with E-state index in [-0.39, 0.29) is 23.5 Å². The van der Waals surface area contributed by atoms with Gasteiger partial charge in [0.1, 0.15) is 12.4 Å². The molecule has 0 bridgehead atoms. The summed E-state index contributed by atoms with van der Waals surface area (Å²) >= 11 is 0. The second-order valence-corrected chi connectivity index (χ2v) is 8.72. The Morgan fingerprint density at radius 1 is 0.829 bits per heavy atom. The second-order valence-electron chi connectivity index (χ2n) is 8.72. The van der Waals surface area contributed by atoms with Gasteiger partial charge in [-0.3, -0.25) is 19.2 Å². The minimum Gasteiger partial charge on any atom is -0.467 e. The maximum absolute atomic E-state index is 12.6. The van der Waals surface area contributed by atoms with E-state index in [1.165, 1.54) is 18.2 Å². The minimum atomic E-state index is -1.68. The van der Waals surface area contributed by atoms with Crippen LogP contribution in [0.5, 0.6) is 5.75 Å². The van der Waals surface area contributed by atoms with Crippen LogP contribution in [-0.2, 0) is 54.2 Å². The van der Waals surface area contributed by atoms with Gasteiger partial charge in [-0.05, 0) is 23.8 Å². The second kappa shape index (κ2) is 14.0. The largest absolute Gasteiger partial charge is 0.467 e. The Kier molecular flexibility index (Phi) is 10.5. The minimum absolute atomic E-state index is 0.00425. The summed E-state index contributed by atoms with van der Waals surface area (Å²) in [7, 11) is 1.05. The first-order chi connectivity index (χ1) is 19.5. The van der Waals surface area contributed by atoms with Crippen molar-refractivity contribution in [2.45, 2.75) is 58.1 Å². The number of carbonyl (C=O) groups is 6. The molecule has 218 valence electrons. The van der Waals surface area contributed by atoms with Gasteiger partial charge in [-0.25, -0.2) is 9.59 Å². The van der Waals surface area contributed by atoms with E-state index in [0.29, 0.717) is 6.29 Å². The molecule has 0 aliphatic carbocycles. The van der Waals surface area contributed by atoms with Gasteiger partial charge in [-0.15, -0.1) is 0 Å². The summed E-state index contributed by atoms with van der Waals surface area (Å²) in [5, 5.41) is 0. The molecular formula is C28H28O13. The van der Waals surface area contributed by atoms with Crippen LogP contribution in [0.15, 0.2) is 48.5 Å². The van der Waals surface area contributed by atoms with Gasteiger partial charge in [0.2, 0.25) is 12.4 Å². The third kappa shape index (κ3) is 8.11. The van der Waals surface area contributed by atoms with Gasteiger partial charge in [-0.2, -0.15) is 0 Å². The molecule has 1 aliphatic rings. The number of hydrogen-bond acceptors (Lipinski definition) is 13. The Hall–Kier alpha value is -4.78. The summed E-state index contributed by atoms with van der Waals surface area (Å²) < 4.78 is 37.3. The average molecular weight is 573 g/mol. The van der Waals surface area contributed by atoms with Crippen LogP contribution < -0.4 is 4.74 Å². The van der Waals surface area contributed by atoms with E-state index in [1.54, 1.807) is 24.3 Å². The van der Waals surface area contributed by atoms with Crippen molar-refractivity contribution in [2.24, 2.45) is 0 Å². The maximum Gasteiger partial charge on any atom is 0.339 e. The van der Waals surface area contributed by atoms with Gasteiger partial charge in [-0.1, -0.05) is 30.3 Å². The highest BCUT2D eigenvalue weighted by Gasteiger charge is 2.56. The van der Waals surface area contributed by atoms with Crippen molar-refractivity contribution in [1.82, 2.24) is 0 Å². The molecule has 0 aromatic heterocycles. The maximum atomic E-state index is 12.6. The molecule has 13 heteroatoms. The quantitative estimate of drug-likeness (QED) is 0.230.